The number of methoxy groups -OCH3 is 1. The van der Waals surface area contributed by atoms with Gasteiger partial charge in [0.25, 0.3) is 0 Å². The molecule has 0 aliphatic rings. The third-order valence-electron chi connectivity index (χ3n) is 3.18. The largest absolute Gasteiger partial charge is 0.497 e. The van der Waals surface area contributed by atoms with Crippen LogP contribution in [-0.4, -0.2) is 12.1 Å². The van der Waals surface area contributed by atoms with Gasteiger partial charge in [0.05, 0.1) is 7.11 Å². The van der Waals surface area contributed by atoms with Crippen LogP contribution in [0.2, 0.25) is 0 Å². The number of aryl methyl sites for hydroxylation is 1. The summed E-state index contributed by atoms with van der Waals surface area (Å²) in [5, 5.41) is 4.33. The fraction of sp³-hybridized carbons (Fsp3) is 0.400. The van der Waals surface area contributed by atoms with Crippen LogP contribution in [0.1, 0.15) is 35.3 Å². The molecule has 0 radical (unpaired) electrons. The summed E-state index contributed by atoms with van der Waals surface area (Å²) >= 11 is 1.69. The van der Waals surface area contributed by atoms with Gasteiger partial charge < -0.3 is 10.1 Å². The lowest BCUT2D eigenvalue weighted by molar-refractivity contribution is 0.409. The Morgan fingerprint density at radius 2 is 2.25 bits per heavy atom. The first-order valence-corrected chi connectivity index (χ1v) is 7.46. The Kier molecular flexibility index (Phi) is 5.09. The summed E-state index contributed by atoms with van der Waals surface area (Å²) in [5.74, 6) is 0.281. The summed E-state index contributed by atoms with van der Waals surface area (Å²) in [6.45, 7) is 4.70. The van der Waals surface area contributed by atoms with Crippen LogP contribution in [0.25, 0.3) is 0 Å². The maximum atomic E-state index is 13.9. The molecule has 0 bridgehead atoms. The zero-order valence-corrected chi connectivity index (χ0v) is 12.8. The number of halogens is 1. The first-order valence-electron chi connectivity index (χ1n) is 6.64. The Morgan fingerprint density at radius 1 is 1.45 bits per heavy atom. The predicted molar refractivity (Wildman–Crippen MR) is 79.7 cm³/mol. The highest BCUT2D eigenvalue weighted by atomic mass is 32.1. The van der Waals surface area contributed by atoms with Crippen molar-refractivity contribution in [1.29, 1.82) is 0 Å². The molecule has 108 valence electrons. The van der Waals surface area contributed by atoms with Crippen molar-refractivity contribution in [3.63, 3.8) is 0 Å². The van der Waals surface area contributed by atoms with E-state index in [1.807, 2.05) is 13.1 Å². The van der Waals surface area contributed by atoms with Gasteiger partial charge in [-0.3, -0.25) is 0 Å². The fourth-order valence-electron chi connectivity index (χ4n) is 1.93. The first kappa shape index (κ1) is 14.9. The Bertz CT molecular complexity index is 571. The summed E-state index contributed by atoms with van der Waals surface area (Å²) in [6, 6.07) is 4.86. The second kappa shape index (κ2) is 6.81. The lowest BCUT2D eigenvalue weighted by Gasteiger charge is -2.14. The van der Waals surface area contributed by atoms with Crippen LogP contribution < -0.4 is 10.1 Å². The van der Waals surface area contributed by atoms with Crippen molar-refractivity contribution in [3.05, 3.63) is 45.7 Å². The van der Waals surface area contributed by atoms with E-state index < -0.39 is 0 Å². The molecule has 0 aliphatic heterocycles. The second-order valence-corrected chi connectivity index (χ2v) is 5.76. The number of rotatable bonds is 6. The highest BCUT2D eigenvalue weighted by Gasteiger charge is 2.12. The van der Waals surface area contributed by atoms with Gasteiger partial charge in [-0.05, 0) is 19.4 Å². The van der Waals surface area contributed by atoms with Crippen LogP contribution in [0.15, 0.2) is 24.4 Å². The van der Waals surface area contributed by atoms with E-state index >= 15 is 0 Å². The molecule has 1 aromatic carbocycles. The molecule has 0 spiro atoms. The molecule has 1 N–H and O–H groups in total. The van der Waals surface area contributed by atoms with E-state index in [0.29, 0.717) is 17.9 Å². The normalized spacial score (nSPS) is 12.4. The predicted octanol–water partition coefficient (Wildman–Crippen LogP) is 3.70. The third-order valence-corrected chi connectivity index (χ3v) is 4.33. The van der Waals surface area contributed by atoms with Crippen LogP contribution in [0, 0.1) is 5.82 Å². The van der Waals surface area contributed by atoms with E-state index in [4.69, 9.17) is 4.74 Å². The second-order valence-electron chi connectivity index (χ2n) is 4.56. The minimum atomic E-state index is -0.252. The zero-order chi connectivity index (χ0) is 14.5. The standard InChI is InChI=1S/C15H19FN2OS/c1-4-12-8-18-15(20-12)9-17-10(2)13-6-5-11(19-3)7-14(13)16/h5-8,10,17H,4,9H2,1-3H3. The maximum absolute atomic E-state index is 13.9. The average Bonchev–Trinajstić information content (AvgIpc) is 2.92. The van der Waals surface area contributed by atoms with Crippen LogP contribution in [-0.2, 0) is 13.0 Å². The van der Waals surface area contributed by atoms with Gasteiger partial charge in [-0.15, -0.1) is 11.3 Å². The topological polar surface area (TPSA) is 34.2 Å². The van der Waals surface area contributed by atoms with Crippen molar-refractivity contribution in [2.45, 2.75) is 32.9 Å². The quantitative estimate of drug-likeness (QED) is 0.882. The highest BCUT2D eigenvalue weighted by Crippen LogP contribution is 2.22. The molecule has 1 aromatic heterocycles. The van der Waals surface area contributed by atoms with Gasteiger partial charge in [0, 0.05) is 35.3 Å². The lowest BCUT2D eigenvalue weighted by Crippen LogP contribution is -2.19. The summed E-state index contributed by atoms with van der Waals surface area (Å²) in [7, 11) is 1.53. The number of benzene rings is 1. The maximum Gasteiger partial charge on any atom is 0.131 e. The number of thiazole rings is 1. The van der Waals surface area contributed by atoms with Gasteiger partial charge in [-0.1, -0.05) is 13.0 Å². The first-order chi connectivity index (χ1) is 9.63. The van der Waals surface area contributed by atoms with Crippen LogP contribution in [0.4, 0.5) is 4.39 Å². The molecule has 0 aliphatic carbocycles. The van der Waals surface area contributed by atoms with Crippen molar-refractivity contribution in [3.8, 4) is 5.75 Å². The van der Waals surface area contributed by atoms with Gasteiger partial charge in [-0.25, -0.2) is 9.37 Å². The number of aromatic nitrogens is 1. The van der Waals surface area contributed by atoms with Gasteiger partial charge in [0.1, 0.15) is 16.6 Å². The minimum absolute atomic E-state index is 0.0742. The van der Waals surface area contributed by atoms with E-state index in [1.54, 1.807) is 23.5 Å². The van der Waals surface area contributed by atoms with Crippen molar-refractivity contribution < 1.29 is 9.13 Å². The molecule has 0 fully saturated rings. The number of hydrogen-bond donors (Lipinski definition) is 1. The third kappa shape index (κ3) is 3.55. The monoisotopic (exact) mass is 294 g/mol. The van der Waals surface area contributed by atoms with Crippen molar-refractivity contribution in [2.24, 2.45) is 0 Å². The van der Waals surface area contributed by atoms with E-state index in [9.17, 15) is 4.39 Å². The SMILES string of the molecule is CCc1cnc(CNC(C)c2ccc(OC)cc2F)s1. The summed E-state index contributed by atoms with van der Waals surface area (Å²) in [5.41, 5.74) is 0.637. The zero-order valence-electron chi connectivity index (χ0n) is 11.9. The van der Waals surface area contributed by atoms with Gasteiger partial charge >= 0.3 is 0 Å². The number of hydrogen-bond acceptors (Lipinski definition) is 4. The number of ether oxygens (including phenoxy) is 1. The van der Waals surface area contributed by atoms with Crippen LogP contribution in [0.3, 0.4) is 0 Å². The van der Waals surface area contributed by atoms with Crippen LogP contribution in [0.5, 0.6) is 5.75 Å². The molecule has 0 saturated carbocycles. The molecule has 0 saturated heterocycles. The summed E-state index contributed by atoms with van der Waals surface area (Å²) < 4.78 is 18.9. The molecule has 5 heteroatoms. The molecule has 1 heterocycles. The Hall–Kier alpha value is -1.46. The average molecular weight is 294 g/mol. The molecular weight excluding hydrogens is 275 g/mol. The van der Waals surface area contributed by atoms with E-state index in [2.05, 4.69) is 17.2 Å². The lowest BCUT2D eigenvalue weighted by atomic mass is 10.1. The summed E-state index contributed by atoms with van der Waals surface area (Å²) in [4.78, 5) is 5.61. The molecular formula is C15H19FN2OS. The highest BCUT2D eigenvalue weighted by molar-refractivity contribution is 7.11. The molecule has 2 rings (SSSR count). The Morgan fingerprint density at radius 3 is 2.85 bits per heavy atom. The van der Waals surface area contributed by atoms with E-state index in [1.165, 1.54) is 18.1 Å². The van der Waals surface area contributed by atoms with Gasteiger partial charge in [-0.2, -0.15) is 0 Å². The van der Waals surface area contributed by atoms with Gasteiger partial charge in [0.2, 0.25) is 0 Å². The molecule has 3 nitrogen and oxygen atoms in total. The Balaban J connectivity index is 1.99. The van der Waals surface area contributed by atoms with Crippen molar-refractivity contribution in [2.75, 3.05) is 7.11 Å². The van der Waals surface area contributed by atoms with Gasteiger partial charge in [0.15, 0.2) is 0 Å². The van der Waals surface area contributed by atoms with Crippen molar-refractivity contribution in [1.82, 2.24) is 10.3 Å². The fourth-order valence-corrected chi connectivity index (χ4v) is 2.74. The smallest absolute Gasteiger partial charge is 0.131 e. The summed E-state index contributed by atoms with van der Waals surface area (Å²) in [6.07, 6.45) is 2.90. The van der Waals surface area contributed by atoms with Crippen LogP contribution >= 0.6 is 11.3 Å². The Labute approximate surface area is 122 Å². The van der Waals surface area contributed by atoms with E-state index in [0.717, 1.165) is 11.4 Å². The number of nitrogens with zero attached hydrogens (tertiary/aromatic N) is 1. The molecule has 0 amide bonds. The number of nitrogens with one attached hydrogen (secondary N) is 1. The van der Waals surface area contributed by atoms with E-state index in [-0.39, 0.29) is 11.9 Å². The molecule has 2 aromatic rings. The molecule has 20 heavy (non-hydrogen) atoms. The molecule has 1 unspecified atom stereocenters. The molecule has 1 atom stereocenters. The van der Waals surface area contributed by atoms with Crippen molar-refractivity contribution >= 4 is 11.3 Å². The minimum Gasteiger partial charge on any atom is -0.497 e.